The molecule has 0 unspecified atom stereocenters. The van der Waals surface area contributed by atoms with Crippen LogP contribution < -0.4 is 10.8 Å². The average molecular weight is 413 g/mol. The van der Waals surface area contributed by atoms with Crippen LogP contribution in [0.25, 0.3) is 23.1 Å². The number of aromatic nitrogens is 3. The molecule has 0 aliphatic carbocycles. The Bertz CT molecular complexity index is 1220. The van der Waals surface area contributed by atoms with Crippen LogP contribution in [0, 0.1) is 0 Å². The summed E-state index contributed by atoms with van der Waals surface area (Å²) in [6.45, 7) is 3.70. The van der Waals surface area contributed by atoms with Gasteiger partial charge in [-0.25, -0.2) is 5.48 Å². The molecular formula is C24H23N5O2. The zero-order valence-electron chi connectivity index (χ0n) is 17.3. The summed E-state index contributed by atoms with van der Waals surface area (Å²) >= 11 is 0. The molecule has 4 aromatic rings. The van der Waals surface area contributed by atoms with Gasteiger partial charge in [-0.05, 0) is 68.5 Å². The molecule has 1 amide bonds. The Hall–Kier alpha value is -3.97. The molecule has 3 N–H and O–H groups in total. The van der Waals surface area contributed by atoms with E-state index in [4.69, 9.17) is 4.84 Å². The van der Waals surface area contributed by atoms with Gasteiger partial charge in [-0.15, -0.1) is 0 Å². The largest absolute Gasteiger partial charge is 0.355 e. The van der Waals surface area contributed by atoms with Crippen LogP contribution in [0.3, 0.4) is 0 Å². The van der Waals surface area contributed by atoms with Crippen molar-refractivity contribution >= 4 is 40.3 Å². The van der Waals surface area contributed by atoms with Crippen molar-refractivity contribution in [1.29, 1.82) is 0 Å². The van der Waals surface area contributed by atoms with E-state index in [9.17, 15) is 4.79 Å². The minimum Gasteiger partial charge on any atom is -0.355 e. The molecule has 0 saturated carbocycles. The third-order valence-electron chi connectivity index (χ3n) is 4.53. The lowest BCUT2D eigenvalue weighted by molar-refractivity contribution is 0.000245. The SMILES string of the molecule is CC(C)ONC(=O)c1ccccc1Nc1ccc2c(C=Cc3ccccn3)n[nH]c2c1. The third-order valence-corrected chi connectivity index (χ3v) is 4.53. The second kappa shape index (κ2) is 9.23. The lowest BCUT2D eigenvalue weighted by atomic mass is 10.1. The zero-order valence-corrected chi connectivity index (χ0v) is 17.3. The molecule has 2 aromatic carbocycles. The summed E-state index contributed by atoms with van der Waals surface area (Å²) in [6, 6.07) is 19.0. The molecular weight excluding hydrogens is 390 g/mol. The van der Waals surface area contributed by atoms with E-state index in [0.717, 1.165) is 28.0 Å². The van der Waals surface area contributed by atoms with E-state index in [0.29, 0.717) is 11.3 Å². The maximum Gasteiger partial charge on any atom is 0.276 e. The molecule has 0 saturated heterocycles. The zero-order chi connectivity index (χ0) is 21.6. The molecule has 4 rings (SSSR count). The second-order valence-corrected chi connectivity index (χ2v) is 7.23. The van der Waals surface area contributed by atoms with Crippen molar-refractivity contribution < 1.29 is 9.63 Å². The summed E-state index contributed by atoms with van der Waals surface area (Å²) in [5.74, 6) is -0.304. The first-order chi connectivity index (χ1) is 15.1. The van der Waals surface area contributed by atoms with Crippen molar-refractivity contribution in [2.24, 2.45) is 0 Å². The Morgan fingerprint density at radius 3 is 2.71 bits per heavy atom. The predicted octanol–water partition coefficient (Wildman–Crippen LogP) is 4.94. The highest BCUT2D eigenvalue weighted by Gasteiger charge is 2.12. The average Bonchev–Trinajstić information content (AvgIpc) is 3.19. The van der Waals surface area contributed by atoms with E-state index in [1.54, 1.807) is 12.3 Å². The molecule has 31 heavy (non-hydrogen) atoms. The number of H-pyrrole nitrogens is 1. The fourth-order valence-corrected chi connectivity index (χ4v) is 3.06. The quantitative estimate of drug-likeness (QED) is 0.373. The fourth-order valence-electron chi connectivity index (χ4n) is 3.06. The van der Waals surface area contributed by atoms with Gasteiger partial charge in [0, 0.05) is 17.3 Å². The fraction of sp³-hybridized carbons (Fsp3) is 0.125. The van der Waals surface area contributed by atoms with Crippen molar-refractivity contribution in [1.82, 2.24) is 20.7 Å². The topological polar surface area (TPSA) is 91.9 Å². The summed E-state index contributed by atoms with van der Waals surface area (Å²) in [5.41, 5.74) is 7.07. The van der Waals surface area contributed by atoms with Gasteiger partial charge in [-0.2, -0.15) is 5.10 Å². The number of nitrogens with zero attached hydrogens (tertiary/aromatic N) is 2. The van der Waals surface area contributed by atoms with E-state index < -0.39 is 0 Å². The monoisotopic (exact) mass is 413 g/mol. The first-order valence-corrected chi connectivity index (χ1v) is 9.99. The van der Waals surface area contributed by atoms with Crippen LogP contribution >= 0.6 is 0 Å². The maximum absolute atomic E-state index is 12.5. The van der Waals surface area contributed by atoms with Crippen LogP contribution in [0.5, 0.6) is 0 Å². The van der Waals surface area contributed by atoms with Crippen molar-refractivity contribution in [3.05, 3.63) is 83.8 Å². The molecule has 0 atom stereocenters. The number of para-hydroxylation sites is 1. The molecule has 7 heteroatoms. The number of aromatic amines is 1. The highest BCUT2D eigenvalue weighted by atomic mass is 16.7. The molecule has 2 heterocycles. The number of carbonyl (C=O) groups excluding carboxylic acids is 1. The Morgan fingerprint density at radius 2 is 1.90 bits per heavy atom. The lowest BCUT2D eigenvalue weighted by Gasteiger charge is -2.13. The van der Waals surface area contributed by atoms with Gasteiger partial charge in [0.1, 0.15) is 0 Å². The van der Waals surface area contributed by atoms with Gasteiger partial charge < -0.3 is 5.32 Å². The van der Waals surface area contributed by atoms with Crippen LogP contribution in [0.4, 0.5) is 11.4 Å². The molecule has 156 valence electrons. The minimum absolute atomic E-state index is 0.104. The lowest BCUT2D eigenvalue weighted by Crippen LogP contribution is -2.27. The Labute approximate surface area is 180 Å². The van der Waals surface area contributed by atoms with Gasteiger partial charge in [0.2, 0.25) is 0 Å². The number of hydrogen-bond donors (Lipinski definition) is 3. The second-order valence-electron chi connectivity index (χ2n) is 7.23. The number of carbonyl (C=O) groups is 1. The van der Waals surface area contributed by atoms with E-state index in [1.165, 1.54) is 0 Å². The first-order valence-electron chi connectivity index (χ1n) is 9.99. The minimum atomic E-state index is -0.304. The summed E-state index contributed by atoms with van der Waals surface area (Å²) < 4.78 is 0. The number of rotatable bonds is 7. The van der Waals surface area contributed by atoms with Gasteiger partial charge in [-0.1, -0.05) is 18.2 Å². The van der Waals surface area contributed by atoms with E-state index in [2.05, 4.69) is 26.0 Å². The molecule has 0 aliphatic heterocycles. The number of amides is 1. The molecule has 0 radical (unpaired) electrons. The van der Waals surface area contributed by atoms with Gasteiger partial charge in [0.25, 0.3) is 5.91 Å². The smallest absolute Gasteiger partial charge is 0.276 e. The molecule has 0 bridgehead atoms. The van der Waals surface area contributed by atoms with Crippen molar-refractivity contribution in [2.45, 2.75) is 20.0 Å². The molecule has 0 aliphatic rings. The first kappa shape index (κ1) is 20.3. The molecule has 2 aromatic heterocycles. The van der Waals surface area contributed by atoms with E-state index >= 15 is 0 Å². The molecule has 0 fully saturated rings. The summed E-state index contributed by atoms with van der Waals surface area (Å²) in [4.78, 5) is 22.0. The number of nitrogens with one attached hydrogen (secondary N) is 3. The maximum atomic E-state index is 12.5. The van der Waals surface area contributed by atoms with E-state index in [1.807, 2.05) is 80.6 Å². The van der Waals surface area contributed by atoms with Crippen LogP contribution in [0.15, 0.2) is 66.9 Å². The number of anilines is 2. The number of benzene rings is 2. The third kappa shape index (κ3) is 4.96. The van der Waals surface area contributed by atoms with Gasteiger partial charge in [-0.3, -0.25) is 19.7 Å². The summed E-state index contributed by atoms with van der Waals surface area (Å²) in [7, 11) is 0. The number of hydroxylamine groups is 1. The normalized spacial score (nSPS) is 11.3. The summed E-state index contributed by atoms with van der Waals surface area (Å²) in [5, 5.41) is 11.8. The van der Waals surface area contributed by atoms with Crippen LogP contribution in [-0.2, 0) is 4.84 Å². The van der Waals surface area contributed by atoms with Crippen LogP contribution in [0.1, 0.15) is 35.6 Å². The Balaban J connectivity index is 1.54. The van der Waals surface area contributed by atoms with Gasteiger partial charge in [0.05, 0.1) is 34.3 Å². The van der Waals surface area contributed by atoms with E-state index in [-0.39, 0.29) is 12.0 Å². The number of hydrogen-bond acceptors (Lipinski definition) is 5. The number of fused-ring (bicyclic) bond motifs is 1. The molecule has 7 nitrogen and oxygen atoms in total. The van der Waals surface area contributed by atoms with Crippen molar-refractivity contribution in [3.8, 4) is 0 Å². The summed E-state index contributed by atoms with van der Waals surface area (Å²) in [6.07, 6.45) is 5.51. The highest BCUT2D eigenvalue weighted by molar-refractivity contribution is 6.00. The Morgan fingerprint density at radius 1 is 1.06 bits per heavy atom. The van der Waals surface area contributed by atoms with Crippen molar-refractivity contribution in [3.63, 3.8) is 0 Å². The van der Waals surface area contributed by atoms with Crippen LogP contribution in [0.2, 0.25) is 0 Å². The van der Waals surface area contributed by atoms with Gasteiger partial charge >= 0.3 is 0 Å². The molecule has 0 spiro atoms. The highest BCUT2D eigenvalue weighted by Crippen LogP contribution is 2.26. The van der Waals surface area contributed by atoms with Gasteiger partial charge in [0.15, 0.2) is 0 Å². The van der Waals surface area contributed by atoms with Crippen LogP contribution in [-0.4, -0.2) is 27.2 Å². The standard InChI is InChI=1S/C24H23N5O2/c1-16(2)31-29-24(30)20-8-3-4-9-21(20)26-18-10-12-19-22(27-28-23(19)15-18)13-11-17-7-5-6-14-25-17/h3-16,26H,1-2H3,(H,27,28)(H,29,30). The number of pyridine rings is 1. The van der Waals surface area contributed by atoms with Crippen molar-refractivity contribution in [2.75, 3.05) is 5.32 Å². The Kier molecular flexibility index (Phi) is 6.05. The predicted molar refractivity (Wildman–Crippen MR) is 123 cm³/mol.